The number of benzene rings is 1. The van der Waals surface area contributed by atoms with Gasteiger partial charge < -0.3 is 5.32 Å². The highest BCUT2D eigenvalue weighted by Gasteiger charge is 2.10. The molecule has 0 saturated carbocycles. The second kappa shape index (κ2) is 7.51. The molecule has 0 spiro atoms. The van der Waals surface area contributed by atoms with Gasteiger partial charge in [-0.25, -0.2) is 0 Å². The number of hydrogen-bond acceptors (Lipinski definition) is 3. The van der Waals surface area contributed by atoms with E-state index in [9.17, 15) is 9.59 Å². The van der Waals surface area contributed by atoms with Crippen molar-refractivity contribution in [3.8, 4) is 0 Å². The minimum absolute atomic E-state index is 0.118. The summed E-state index contributed by atoms with van der Waals surface area (Å²) in [6.45, 7) is 0. The van der Waals surface area contributed by atoms with Gasteiger partial charge in [0.15, 0.2) is 5.78 Å². The molecule has 0 aliphatic rings. The first kappa shape index (κ1) is 16.6. The van der Waals surface area contributed by atoms with Crippen molar-refractivity contribution < 1.29 is 4.79 Å². The molecule has 5 heteroatoms. The number of ketones is 1. The minimum Gasteiger partial charge on any atom is -0.385 e. The van der Waals surface area contributed by atoms with Crippen molar-refractivity contribution in [3.05, 3.63) is 78.8 Å². The Morgan fingerprint density at radius 1 is 1.09 bits per heavy atom. The Balaban J connectivity index is 2.40. The van der Waals surface area contributed by atoms with Gasteiger partial charge in [0.1, 0.15) is 0 Å². The van der Waals surface area contributed by atoms with Gasteiger partial charge in [-0.3, -0.25) is 9.59 Å². The lowest BCUT2D eigenvalue weighted by Gasteiger charge is -1.97. The van der Waals surface area contributed by atoms with Crippen LogP contribution in [0.5, 0.6) is 0 Å². The monoisotopic (exact) mass is 421 g/mol. The number of hydrogen-bond donors (Lipinski definition) is 1. The zero-order chi connectivity index (χ0) is 16.1. The van der Waals surface area contributed by atoms with Crippen molar-refractivity contribution in [2.45, 2.75) is 0 Å². The number of rotatable bonds is 4. The minimum atomic E-state index is -0.335. The van der Waals surface area contributed by atoms with Crippen LogP contribution in [-0.2, 0) is 0 Å². The zero-order valence-corrected chi connectivity index (χ0v) is 14.9. The van der Waals surface area contributed by atoms with E-state index in [-0.39, 0.29) is 16.8 Å². The standard InChI is InChI=1S/C17H13Br2NO2/c1-20-15-7-6-13(19)10-14(17(15)22)16(21)8-5-11-3-2-4-12(18)9-11/h2-10H,1H3,(H,20,22)/b8-5-. The van der Waals surface area contributed by atoms with Crippen molar-refractivity contribution in [2.75, 3.05) is 12.4 Å². The third kappa shape index (κ3) is 4.15. The molecule has 3 nitrogen and oxygen atoms in total. The molecule has 2 aromatic rings. The first-order chi connectivity index (χ1) is 10.5. The van der Waals surface area contributed by atoms with Gasteiger partial charge in [0.2, 0.25) is 5.43 Å². The summed E-state index contributed by atoms with van der Waals surface area (Å²) in [5, 5.41) is 2.80. The summed E-state index contributed by atoms with van der Waals surface area (Å²) < 4.78 is 1.60. The number of allylic oxidation sites excluding steroid dienone is 1. The van der Waals surface area contributed by atoms with Crippen LogP contribution in [0.15, 0.2) is 62.3 Å². The summed E-state index contributed by atoms with van der Waals surface area (Å²) in [5.74, 6) is -0.335. The van der Waals surface area contributed by atoms with Gasteiger partial charge in [-0.05, 0) is 42.0 Å². The van der Waals surface area contributed by atoms with E-state index >= 15 is 0 Å². The second-order valence-electron chi connectivity index (χ2n) is 4.52. The van der Waals surface area contributed by atoms with E-state index in [1.807, 2.05) is 24.3 Å². The molecule has 0 saturated heterocycles. The molecular weight excluding hydrogens is 410 g/mol. The zero-order valence-electron chi connectivity index (χ0n) is 11.8. The van der Waals surface area contributed by atoms with E-state index in [2.05, 4.69) is 37.2 Å². The van der Waals surface area contributed by atoms with Crippen LogP contribution in [0.2, 0.25) is 0 Å². The highest BCUT2D eigenvalue weighted by Crippen LogP contribution is 2.15. The topological polar surface area (TPSA) is 46.2 Å². The number of nitrogens with one attached hydrogen (secondary N) is 1. The number of halogens is 2. The van der Waals surface area contributed by atoms with Crippen LogP contribution < -0.4 is 10.7 Å². The van der Waals surface area contributed by atoms with Gasteiger partial charge in [-0.2, -0.15) is 0 Å². The van der Waals surface area contributed by atoms with Gasteiger partial charge in [0.25, 0.3) is 0 Å². The molecule has 0 heterocycles. The average Bonchev–Trinajstić information content (AvgIpc) is 2.64. The molecule has 22 heavy (non-hydrogen) atoms. The molecule has 0 fully saturated rings. The maximum absolute atomic E-state index is 12.3. The van der Waals surface area contributed by atoms with Crippen molar-refractivity contribution >= 4 is 49.4 Å². The Morgan fingerprint density at radius 3 is 2.50 bits per heavy atom. The van der Waals surface area contributed by atoms with Crippen LogP contribution in [0.25, 0.3) is 6.08 Å². The van der Waals surface area contributed by atoms with Crippen molar-refractivity contribution in [3.63, 3.8) is 0 Å². The first-order valence-corrected chi connectivity index (χ1v) is 8.09. The molecule has 1 N–H and O–H groups in total. The molecule has 2 aromatic carbocycles. The van der Waals surface area contributed by atoms with Crippen LogP contribution in [-0.4, -0.2) is 12.8 Å². The first-order valence-electron chi connectivity index (χ1n) is 6.51. The fourth-order valence-electron chi connectivity index (χ4n) is 1.89. The van der Waals surface area contributed by atoms with E-state index in [0.29, 0.717) is 10.2 Å². The quantitative estimate of drug-likeness (QED) is 0.582. The largest absolute Gasteiger partial charge is 0.385 e. The predicted molar refractivity (Wildman–Crippen MR) is 97.5 cm³/mol. The van der Waals surface area contributed by atoms with E-state index < -0.39 is 0 Å². The van der Waals surface area contributed by atoms with Crippen LogP contribution in [0.1, 0.15) is 15.9 Å². The molecule has 0 aliphatic carbocycles. The summed E-state index contributed by atoms with van der Waals surface area (Å²) in [6.07, 6.45) is 3.09. The van der Waals surface area contributed by atoms with Crippen LogP contribution >= 0.6 is 31.9 Å². The molecule has 0 aromatic heterocycles. The van der Waals surface area contributed by atoms with E-state index in [1.54, 1.807) is 25.3 Å². The van der Waals surface area contributed by atoms with Crippen LogP contribution in [0.3, 0.4) is 0 Å². The van der Waals surface area contributed by atoms with Crippen LogP contribution in [0, 0.1) is 0 Å². The van der Waals surface area contributed by atoms with E-state index in [4.69, 9.17) is 0 Å². The van der Waals surface area contributed by atoms with Gasteiger partial charge in [0, 0.05) is 16.0 Å². The lowest BCUT2D eigenvalue weighted by molar-refractivity contribution is 0.104. The number of carbonyl (C=O) groups is 1. The van der Waals surface area contributed by atoms with Gasteiger partial charge in [-0.15, -0.1) is 0 Å². The summed E-state index contributed by atoms with van der Waals surface area (Å²) in [5.41, 5.74) is 1.05. The fourth-order valence-corrected chi connectivity index (χ4v) is 2.67. The van der Waals surface area contributed by atoms with Gasteiger partial charge in [-0.1, -0.05) is 50.1 Å². The molecule has 0 amide bonds. The third-order valence-corrected chi connectivity index (χ3v) is 3.98. The summed E-state index contributed by atoms with van der Waals surface area (Å²) in [6, 6.07) is 12.5. The predicted octanol–water partition coefficient (Wildman–Crippen LogP) is 4.51. The Morgan fingerprint density at radius 2 is 1.82 bits per heavy atom. The lowest BCUT2D eigenvalue weighted by Crippen LogP contribution is -2.14. The number of carbonyl (C=O) groups excluding carboxylic acids is 1. The molecule has 0 aliphatic heterocycles. The maximum atomic E-state index is 12.3. The molecule has 0 unspecified atom stereocenters. The Bertz CT molecular complexity index is 801. The maximum Gasteiger partial charge on any atom is 0.212 e. The highest BCUT2D eigenvalue weighted by atomic mass is 79.9. The Labute approximate surface area is 145 Å². The van der Waals surface area contributed by atoms with Crippen LogP contribution in [0.4, 0.5) is 5.69 Å². The smallest absolute Gasteiger partial charge is 0.212 e. The molecule has 0 radical (unpaired) electrons. The van der Waals surface area contributed by atoms with E-state index in [0.717, 1.165) is 10.0 Å². The van der Waals surface area contributed by atoms with Crippen molar-refractivity contribution in [1.29, 1.82) is 0 Å². The summed E-state index contributed by atoms with van der Waals surface area (Å²) in [7, 11) is 1.65. The summed E-state index contributed by atoms with van der Waals surface area (Å²) in [4.78, 5) is 24.6. The molecule has 0 bridgehead atoms. The Kier molecular flexibility index (Phi) is 5.69. The lowest BCUT2D eigenvalue weighted by atomic mass is 10.1. The fraction of sp³-hybridized carbons (Fsp3) is 0.0588. The normalized spacial score (nSPS) is 10.7. The second-order valence-corrected chi connectivity index (χ2v) is 6.35. The van der Waals surface area contributed by atoms with E-state index in [1.165, 1.54) is 12.1 Å². The number of anilines is 1. The molecule has 0 atom stereocenters. The molecule has 112 valence electrons. The van der Waals surface area contributed by atoms with Crippen molar-refractivity contribution in [2.24, 2.45) is 0 Å². The Hall–Kier alpha value is -1.72. The SMILES string of the molecule is CNc1ccc(Br)cc(C(=O)/C=C\c2cccc(Br)c2)c1=O. The van der Waals surface area contributed by atoms with Gasteiger partial charge in [0.05, 0.1) is 11.3 Å². The highest BCUT2D eigenvalue weighted by molar-refractivity contribution is 9.10. The summed E-state index contributed by atoms with van der Waals surface area (Å²) >= 11 is 6.69. The average molecular weight is 423 g/mol. The molecule has 2 rings (SSSR count). The van der Waals surface area contributed by atoms with Gasteiger partial charge >= 0.3 is 0 Å². The molecular formula is C17H13Br2NO2. The third-order valence-electron chi connectivity index (χ3n) is 2.99. The van der Waals surface area contributed by atoms with Crippen molar-refractivity contribution in [1.82, 2.24) is 0 Å².